The van der Waals surface area contributed by atoms with E-state index in [-0.39, 0.29) is 0 Å². The maximum absolute atomic E-state index is 9.50. The Labute approximate surface area is 65.9 Å². The van der Waals surface area contributed by atoms with Crippen LogP contribution in [0.1, 0.15) is 12.6 Å². The second-order valence-corrected chi connectivity index (χ2v) is 2.43. The van der Waals surface area contributed by atoms with Gasteiger partial charge in [0.1, 0.15) is 0 Å². The molecule has 1 N–H and O–H groups in total. The van der Waals surface area contributed by atoms with Gasteiger partial charge in [0, 0.05) is 6.20 Å². The van der Waals surface area contributed by atoms with Crippen LogP contribution in [0.2, 0.25) is 0 Å². The molecule has 1 aromatic rings. The van der Waals surface area contributed by atoms with E-state index in [9.17, 15) is 5.11 Å². The molecule has 0 saturated carbocycles. The van der Waals surface area contributed by atoms with Gasteiger partial charge in [-0.1, -0.05) is 12.0 Å². The van der Waals surface area contributed by atoms with Crippen LogP contribution < -0.4 is 0 Å². The third kappa shape index (κ3) is 1.57. The molecule has 0 spiro atoms. The SMILES string of the molecule is C#C[C@](C)(O)c1ccccn1. The Morgan fingerprint density at radius 1 is 1.64 bits per heavy atom. The number of hydrogen-bond donors (Lipinski definition) is 1. The summed E-state index contributed by atoms with van der Waals surface area (Å²) in [6.45, 7) is 1.54. The van der Waals surface area contributed by atoms with E-state index in [1.54, 1.807) is 24.4 Å². The van der Waals surface area contributed by atoms with Crippen LogP contribution in [0.5, 0.6) is 0 Å². The van der Waals surface area contributed by atoms with Crippen molar-refractivity contribution in [1.29, 1.82) is 0 Å². The standard InChI is InChI=1S/C9H9NO/c1-3-9(2,11)8-6-4-5-7-10-8/h1,4-7,11H,2H3/t9-/m0/s1. The smallest absolute Gasteiger partial charge is 0.164 e. The third-order valence-electron chi connectivity index (χ3n) is 1.44. The first-order valence-electron chi connectivity index (χ1n) is 3.28. The van der Waals surface area contributed by atoms with E-state index in [2.05, 4.69) is 10.9 Å². The molecule has 0 saturated heterocycles. The van der Waals surface area contributed by atoms with Crippen molar-refractivity contribution in [2.45, 2.75) is 12.5 Å². The van der Waals surface area contributed by atoms with Crippen molar-refractivity contribution >= 4 is 0 Å². The fourth-order valence-electron chi connectivity index (χ4n) is 0.725. The molecule has 1 aromatic heterocycles. The van der Waals surface area contributed by atoms with E-state index in [0.717, 1.165) is 0 Å². The fraction of sp³-hybridized carbons (Fsp3) is 0.222. The van der Waals surface area contributed by atoms with Gasteiger partial charge in [0.2, 0.25) is 0 Å². The van der Waals surface area contributed by atoms with E-state index < -0.39 is 5.60 Å². The minimum absolute atomic E-state index is 0.502. The Kier molecular flexibility index (Phi) is 1.93. The summed E-state index contributed by atoms with van der Waals surface area (Å²) >= 11 is 0. The molecule has 11 heavy (non-hydrogen) atoms. The van der Waals surface area contributed by atoms with E-state index in [4.69, 9.17) is 6.42 Å². The van der Waals surface area contributed by atoms with E-state index >= 15 is 0 Å². The highest BCUT2D eigenvalue weighted by Gasteiger charge is 2.19. The lowest BCUT2D eigenvalue weighted by Gasteiger charge is -2.14. The molecule has 0 aliphatic carbocycles. The zero-order valence-corrected chi connectivity index (χ0v) is 6.28. The lowest BCUT2D eigenvalue weighted by atomic mass is 10.0. The van der Waals surface area contributed by atoms with E-state index in [1.807, 2.05) is 0 Å². The highest BCUT2D eigenvalue weighted by Crippen LogP contribution is 2.15. The molecule has 1 atom stereocenters. The van der Waals surface area contributed by atoms with Gasteiger partial charge < -0.3 is 5.11 Å². The molecule has 0 radical (unpaired) electrons. The van der Waals surface area contributed by atoms with Gasteiger partial charge in [0.15, 0.2) is 5.60 Å². The largest absolute Gasteiger partial charge is 0.372 e. The van der Waals surface area contributed by atoms with E-state index in [0.29, 0.717) is 5.69 Å². The van der Waals surface area contributed by atoms with Crippen molar-refractivity contribution in [1.82, 2.24) is 4.98 Å². The third-order valence-corrected chi connectivity index (χ3v) is 1.44. The summed E-state index contributed by atoms with van der Waals surface area (Å²) in [4.78, 5) is 3.93. The summed E-state index contributed by atoms with van der Waals surface area (Å²) in [7, 11) is 0. The molecule has 0 bridgehead atoms. The number of aliphatic hydroxyl groups is 1. The van der Waals surface area contributed by atoms with Crippen LogP contribution >= 0.6 is 0 Å². The minimum atomic E-state index is -1.25. The molecule has 2 nitrogen and oxygen atoms in total. The average Bonchev–Trinajstić information content (AvgIpc) is 2.06. The van der Waals surface area contributed by atoms with Crippen LogP contribution in [0.25, 0.3) is 0 Å². The second-order valence-electron chi connectivity index (χ2n) is 2.43. The van der Waals surface area contributed by atoms with Gasteiger partial charge in [-0.15, -0.1) is 6.42 Å². The fourth-order valence-corrected chi connectivity index (χ4v) is 0.725. The summed E-state index contributed by atoms with van der Waals surface area (Å²) in [6, 6.07) is 5.25. The predicted molar refractivity (Wildman–Crippen MR) is 42.6 cm³/mol. The highest BCUT2D eigenvalue weighted by atomic mass is 16.3. The van der Waals surface area contributed by atoms with Crippen LogP contribution in [0.3, 0.4) is 0 Å². The number of terminal acetylenes is 1. The molecule has 0 unspecified atom stereocenters. The molecule has 0 amide bonds. The van der Waals surface area contributed by atoms with Gasteiger partial charge in [-0.3, -0.25) is 4.98 Å². The van der Waals surface area contributed by atoms with Crippen molar-refractivity contribution in [2.75, 3.05) is 0 Å². The second kappa shape index (κ2) is 2.73. The Morgan fingerprint density at radius 2 is 2.36 bits per heavy atom. The van der Waals surface area contributed by atoms with Crippen molar-refractivity contribution in [3.63, 3.8) is 0 Å². The molecule has 0 aliphatic rings. The summed E-state index contributed by atoms with van der Waals surface area (Å²) in [5.74, 6) is 2.25. The first-order valence-corrected chi connectivity index (χ1v) is 3.28. The van der Waals surface area contributed by atoms with Crippen LogP contribution in [-0.2, 0) is 5.60 Å². The van der Waals surface area contributed by atoms with Crippen molar-refractivity contribution < 1.29 is 5.11 Å². The molecule has 0 aromatic carbocycles. The Morgan fingerprint density at radius 3 is 2.82 bits per heavy atom. The normalized spacial score (nSPS) is 15.0. The molecule has 56 valence electrons. The van der Waals surface area contributed by atoms with Gasteiger partial charge in [-0.2, -0.15) is 0 Å². The Balaban J connectivity index is 3.05. The predicted octanol–water partition coefficient (Wildman–Crippen LogP) is 0.922. The number of nitrogens with zero attached hydrogens (tertiary/aromatic N) is 1. The van der Waals surface area contributed by atoms with Crippen LogP contribution in [0.15, 0.2) is 24.4 Å². The first-order chi connectivity index (χ1) is 5.17. The van der Waals surface area contributed by atoms with Crippen LogP contribution in [0, 0.1) is 12.3 Å². The molecular formula is C9H9NO. The van der Waals surface area contributed by atoms with Crippen LogP contribution in [0.4, 0.5) is 0 Å². The summed E-state index contributed by atoms with van der Waals surface area (Å²) < 4.78 is 0. The topological polar surface area (TPSA) is 33.1 Å². The van der Waals surface area contributed by atoms with Crippen molar-refractivity contribution in [3.8, 4) is 12.3 Å². The van der Waals surface area contributed by atoms with Gasteiger partial charge in [-0.05, 0) is 19.1 Å². The zero-order valence-electron chi connectivity index (χ0n) is 6.28. The molecule has 1 heterocycles. The average molecular weight is 147 g/mol. The lowest BCUT2D eigenvalue weighted by Crippen LogP contribution is -2.19. The summed E-state index contributed by atoms with van der Waals surface area (Å²) in [6.07, 6.45) is 6.70. The summed E-state index contributed by atoms with van der Waals surface area (Å²) in [5.41, 5.74) is -0.746. The van der Waals surface area contributed by atoms with Gasteiger partial charge in [0.25, 0.3) is 0 Å². The monoisotopic (exact) mass is 147 g/mol. The van der Waals surface area contributed by atoms with Gasteiger partial charge in [-0.25, -0.2) is 0 Å². The van der Waals surface area contributed by atoms with Gasteiger partial charge >= 0.3 is 0 Å². The quantitative estimate of drug-likeness (QED) is 0.599. The maximum Gasteiger partial charge on any atom is 0.164 e. The molecule has 0 aliphatic heterocycles. The Bertz CT molecular complexity index is 271. The minimum Gasteiger partial charge on any atom is -0.372 e. The number of rotatable bonds is 1. The van der Waals surface area contributed by atoms with Crippen molar-refractivity contribution in [3.05, 3.63) is 30.1 Å². The zero-order chi connectivity index (χ0) is 8.32. The molecule has 1 rings (SSSR count). The lowest BCUT2D eigenvalue weighted by molar-refractivity contribution is 0.117. The molecule has 0 fully saturated rings. The van der Waals surface area contributed by atoms with Crippen molar-refractivity contribution in [2.24, 2.45) is 0 Å². The summed E-state index contributed by atoms with van der Waals surface area (Å²) in [5, 5.41) is 9.50. The van der Waals surface area contributed by atoms with Crippen LogP contribution in [-0.4, -0.2) is 10.1 Å². The molecule has 2 heteroatoms. The van der Waals surface area contributed by atoms with E-state index in [1.165, 1.54) is 6.92 Å². The van der Waals surface area contributed by atoms with Gasteiger partial charge in [0.05, 0.1) is 5.69 Å². The number of aromatic nitrogens is 1. The highest BCUT2D eigenvalue weighted by molar-refractivity contribution is 5.21. The molecular weight excluding hydrogens is 138 g/mol. The maximum atomic E-state index is 9.50. The number of pyridine rings is 1. The Hall–Kier alpha value is -1.33. The number of hydrogen-bond acceptors (Lipinski definition) is 2. The first kappa shape index (κ1) is 7.77.